The van der Waals surface area contributed by atoms with E-state index in [4.69, 9.17) is 4.74 Å². The maximum Gasteiger partial charge on any atom is 0.319 e. The van der Waals surface area contributed by atoms with Crippen molar-refractivity contribution < 1.29 is 13.9 Å². The van der Waals surface area contributed by atoms with Crippen LogP contribution in [-0.2, 0) is 17.8 Å². The predicted octanol–water partition coefficient (Wildman–Crippen LogP) is 3.76. The van der Waals surface area contributed by atoms with Crippen molar-refractivity contribution in [1.82, 2.24) is 10.2 Å². The van der Waals surface area contributed by atoms with Crippen LogP contribution in [0.4, 0.5) is 14.9 Å². The van der Waals surface area contributed by atoms with Gasteiger partial charge in [0.15, 0.2) is 0 Å². The van der Waals surface area contributed by atoms with Gasteiger partial charge in [0.25, 0.3) is 0 Å². The number of benzene rings is 2. The molecule has 3 rings (SSSR count). The maximum atomic E-state index is 13.7. The van der Waals surface area contributed by atoms with E-state index in [0.717, 1.165) is 30.9 Å². The Morgan fingerprint density at radius 2 is 1.70 bits per heavy atom. The highest BCUT2D eigenvalue weighted by Crippen LogP contribution is 2.20. The molecular weight excluding hydrogens is 345 g/mol. The van der Waals surface area contributed by atoms with E-state index in [2.05, 4.69) is 29.4 Å². The van der Waals surface area contributed by atoms with E-state index >= 15 is 0 Å². The molecule has 1 saturated heterocycles. The minimum atomic E-state index is -0.352. The number of anilines is 1. The van der Waals surface area contributed by atoms with Crippen molar-refractivity contribution in [3.8, 4) is 0 Å². The van der Waals surface area contributed by atoms with Crippen LogP contribution in [0.15, 0.2) is 48.5 Å². The fourth-order valence-electron chi connectivity index (χ4n) is 3.42. The van der Waals surface area contributed by atoms with Gasteiger partial charge < -0.3 is 15.4 Å². The topological polar surface area (TPSA) is 53.6 Å². The number of nitrogens with one attached hydrogen (secondary N) is 2. The van der Waals surface area contributed by atoms with Crippen molar-refractivity contribution in [3.05, 3.63) is 65.5 Å². The summed E-state index contributed by atoms with van der Waals surface area (Å²) in [5.74, 6) is -0.325. The van der Waals surface area contributed by atoms with Gasteiger partial charge in [0.05, 0.1) is 12.2 Å². The molecule has 0 bridgehead atoms. The molecule has 2 aromatic rings. The highest BCUT2D eigenvalue weighted by Gasteiger charge is 2.22. The number of hydrogen-bond acceptors (Lipinski definition) is 3. The molecule has 5 nitrogen and oxygen atoms in total. The average molecular weight is 371 g/mol. The number of carbonyl (C=O) groups is 1. The summed E-state index contributed by atoms with van der Waals surface area (Å²) in [7, 11) is 0. The molecule has 2 N–H and O–H groups in total. The molecule has 1 aliphatic heterocycles. The quantitative estimate of drug-likeness (QED) is 0.842. The molecule has 6 heteroatoms. The third-order valence-electron chi connectivity index (χ3n) is 4.55. The van der Waals surface area contributed by atoms with Gasteiger partial charge in [-0.05, 0) is 31.5 Å². The first-order valence-corrected chi connectivity index (χ1v) is 9.25. The van der Waals surface area contributed by atoms with Gasteiger partial charge in [-0.1, -0.05) is 36.4 Å². The highest BCUT2D eigenvalue weighted by molar-refractivity contribution is 5.90. The number of carbonyl (C=O) groups excluding carboxylic acids is 1. The molecule has 1 aliphatic rings. The Kier molecular flexibility index (Phi) is 6.42. The smallest absolute Gasteiger partial charge is 0.319 e. The lowest BCUT2D eigenvalue weighted by Crippen LogP contribution is -2.44. The Morgan fingerprint density at radius 3 is 2.41 bits per heavy atom. The van der Waals surface area contributed by atoms with E-state index in [1.165, 1.54) is 6.07 Å². The number of hydrogen-bond donors (Lipinski definition) is 2. The predicted molar refractivity (Wildman–Crippen MR) is 104 cm³/mol. The van der Waals surface area contributed by atoms with Crippen LogP contribution in [0.3, 0.4) is 0 Å². The summed E-state index contributed by atoms with van der Waals surface area (Å²) < 4.78 is 19.4. The number of morpholine rings is 1. The third kappa shape index (κ3) is 5.52. The van der Waals surface area contributed by atoms with Crippen LogP contribution in [0.5, 0.6) is 0 Å². The molecule has 0 aromatic heterocycles. The SMILES string of the molecule is CC1CN(Cc2ccccc2NC(=O)NCc2ccccc2F)CC(C)O1. The van der Waals surface area contributed by atoms with Crippen molar-refractivity contribution in [1.29, 1.82) is 0 Å². The van der Waals surface area contributed by atoms with Crippen molar-refractivity contribution in [3.63, 3.8) is 0 Å². The summed E-state index contributed by atoms with van der Waals surface area (Å²) in [6.45, 7) is 6.74. The fourth-order valence-corrected chi connectivity index (χ4v) is 3.42. The molecule has 144 valence electrons. The van der Waals surface area contributed by atoms with E-state index < -0.39 is 0 Å². The normalized spacial score (nSPS) is 20.3. The van der Waals surface area contributed by atoms with Crippen LogP contribution in [0, 0.1) is 5.82 Å². The summed E-state index contributed by atoms with van der Waals surface area (Å²) in [6.07, 6.45) is 0.385. The van der Waals surface area contributed by atoms with Gasteiger partial charge in [-0.15, -0.1) is 0 Å². The molecule has 0 spiro atoms. The van der Waals surface area contributed by atoms with Crippen LogP contribution in [0.1, 0.15) is 25.0 Å². The molecular formula is C21H26FN3O2. The second-order valence-electron chi connectivity index (χ2n) is 7.01. The van der Waals surface area contributed by atoms with E-state index in [-0.39, 0.29) is 30.6 Å². The van der Waals surface area contributed by atoms with Crippen molar-refractivity contribution in [2.75, 3.05) is 18.4 Å². The van der Waals surface area contributed by atoms with E-state index in [0.29, 0.717) is 5.56 Å². The van der Waals surface area contributed by atoms with Gasteiger partial charge in [0, 0.05) is 37.4 Å². The molecule has 27 heavy (non-hydrogen) atoms. The Balaban J connectivity index is 1.60. The number of para-hydroxylation sites is 1. The van der Waals surface area contributed by atoms with Crippen LogP contribution in [-0.4, -0.2) is 36.2 Å². The summed E-state index contributed by atoms with van der Waals surface area (Å²) in [4.78, 5) is 14.6. The monoisotopic (exact) mass is 371 g/mol. The summed E-state index contributed by atoms with van der Waals surface area (Å²) >= 11 is 0. The number of ether oxygens (including phenoxy) is 1. The summed E-state index contributed by atoms with van der Waals surface area (Å²) in [5.41, 5.74) is 2.26. The van der Waals surface area contributed by atoms with Crippen LogP contribution < -0.4 is 10.6 Å². The van der Waals surface area contributed by atoms with Gasteiger partial charge in [-0.3, -0.25) is 4.90 Å². The first-order chi connectivity index (χ1) is 13.0. The number of urea groups is 1. The maximum absolute atomic E-state index is 13.7. The number of rotatable bonds is 5. The van der Waals surface area contributed by atoms with Crippen LogP contribution >= 0.6 is 0 Å². The zero-order valence-electron chi connectivity index (χ0n) is 15.7. The molecule has 0 saturated carbocycles. The lowest BCUT2D eigenvalue weighted by Gasteiger charge is -2.35. The van der Waals surface area contributed by atoms with Gasteiger partial charge in [0.1, 0.15) is 5.82 Å². The van der Waals surface area contributed by atoms with Crippen LogP contribution in [0.25, 0.3) is 0 Å². The molecule has 2 atom stereocenters. The Bertz CT molecular complexity index is 774. The average Bonchev–Trinajstić information content (AvgIpc) is 2.62. The van der Waals surface area contributed by atoms with Crippen molar-refractivity contribution in [2.24, 2.45) is 0 Å². The molecule has 1 fully saturated rings. The standard InChI is InChI=1S/C21H26FN3O2/c1-15-12-25(13-16(2)27-15)14-18-8-4-6-10-20(18)24-21(26)23-11-17-7-3-5-9-19(17)22/h3-10,15-16H,11-14H2,1-2H3,(H2,23,24,26). The zero-order valence-corrected chi connectivity index (χ0v) is 15.7. The van der Waals surface area contributed by atoms with Crippen LogP contribution in [0.2, 0.25) is 0 Å². The molecule has 1 heterocycles. The Morgan fingerprint density at radius 1 is 1.07 bits per heavy atom. The van der Waals surface area contributed by atoms with Crippen molar-refractivity contribution >= 4 is 11.7 Å². The van der Waals surface area contributed by atoms with E-state index in [1.54, 1.807) is 18.2 Å². The second kappa shape index (κ2) is 8.97. The molecule has 0 aliphatic carbocycles. The van der Waals surface area contributed by atoms with E-state index in [9.17, 15) is 9.18 Å². The van der Waals surface area contributed by atoms with Gasteiger partial charge in [-0.25, -0.2) is 9.18 Å². The largest absolute Gasteiger partial charge is 0.373 e. The molecule has 2 amide bonds. The first-order valence-electron chi connectivity index (χ1n) is 9.25. The number of halogens is 1. The summed E-state index contributed by atoms with van der Waals surface area (Å²) in [5, 5.41) is 5.59. The van der Waals surface area contributed by atoms with Gasteiger partial charge in [0.2, 0.25) is 0 Å². The minimum absolute atomic E-state index is 0.138. The Hall–Kier alpha value is -2.44. The molecule has 2 unspecified atom stereocenters. The Labute approximate surface area is 159 Å². The lowest BCUT2D eigenvalue weighted by molar-refractivity contribution is -0.0704. The first kappa shape index (κ1) is 19.3. The summed E-state index contributed by atoms with van der Waals surface area (Å²) in [6, 6.07) is 13.8. The highest BCUT2D eigenvalue weighted by atomic mass is 19.1. The number of amides is 2. The van der Waals surface area contributed by atoms with E-state index in [1.807, 2.05) is 24.3 Å². The molecule has 2 aromatic carbocycles. The lowest BCUT2D eigenvalue weighted by atomic mass is 10.1. The number of nitrogens with zero attached hydrogens (tertiary/aromatic N) is 1. The molecule has 0 radical (unpaired) electrons. The van der Waals surface area contributed by atoms with Gasteiger partial charge >= 0.3 is 6.03 Å². The van der Waals surface area contributed by atoms with Gasteiger partial charge in [-0.2, -0.15) is 0 Å². The second-order valence-corrected chi connectivity index (χ2v) is 7.01. The zero-order chi connectivity index (χ0) is 19.2. The minimum Gasteiger partial charge on any atom is -0.373 e. The third-order valence-corrected chi connectivity index (χ3v) is 4.55. The fraction of sp³-hybridized carbons (Fsp3) is 0.381. The van der Waals surface area contributed by atoms with Crippen molar-refractivity contribution in [2.45, 2.75) is 39.1 Å².